The summed E-state index contributed by atoms with van der Waals surface area (Å²) in [5.41, 5.74) is 0.163. The lowest BCUT2D eigenvalue weighted by Crippen LogP contribution is -2.45. The van der Waals surface area contributed by atoms with Gasteiger partial charge in [0.05, 0.1) is 6.61 Å². The monoisotopic (exact) mass is 300 g/mol. The van der Waals surface area contributed by atoms with Gasteiger partial charge in [-0.15, -0.1) is 0 Å². The lowest BCUT2D eigenvalue weighted by atomic mass is 10.2. The molecule has 4 nitrogen and oxygen atoms in total. The second kappa shape index (κ2) is 5.69. The van der Waals surface area contributed by atoms with Crippen LogP contribution in [0.25, 0.3) is 0 Å². The Bertz CT molecular complexity index is 377. The van der Waals surface area contributed by atoms with Crippen LogP contribution in [0.5, 0.6) is 0 Å². The Balaban J connectivity index is 2.58. The normalized spacial score (nSPS) is 23.7. The predicted molar refractivity (Wildman–Crippen MR) is 60.6 cm³/mol. The summed E-state index contributed by atoms with van der Waals surface area (Å²) in [6, 6.07) is 0. The van der Waals surface area contributed by atoms with Gasteiger partial charge in [-0.2, -0.15) is 17.6 Å². The van der Waals surface area contributed by atoms with E-state index in [4.69, 9.17) is 14.2 Å². The molecule has 0 N–H and O–H groups in total. The van der Waals surface area contributed by atoms with Crippen molar-refractivity contribution in [3.05, 3.63) is 12.2 Å². The van der Waals surface area contributed by atoms with Gasteiger partial charge in [0.25, 0.3) is 0 Å². The van der Waals surface area contributed by atoms with Crippen LogP contribution in [0.15, 0.2) is 12.2 Å². The summed E-state index contributed by atoms with van der Waals surface area (Å²) >= 11 is 0. The smallest absolute Gasteiger partial charge is 0.335 e. The highest BCUT2D eigenvalue weighted by Crippen LogP contribution is 2.39. The first-order valence-electron chi connectivity index (χ1n) is 5.85. The van der Waals surface area contributed by atoms with Crippen LogP contribution in [0.2, 0.25) is 0 Å². The number of halogens is 4. The summed E-state index contributed by atoms with van der Waals surface area (Å²) < 4.78 is 66.5. The van der Waals surface area contributed by atoms with E-state index in [1.54, 1.807) is 0 Å². The summed E-state index contributed by atoms with van der Waals surface area (Å²) in [5.74, 6) is -10.9. The number of carbonyl (C=O) groups excluding carboxylic acids is 1. The molecule has 0 aromatic carbocycles. The average Bonchev–Trinajstić information content (AvgIpc) is 2.40. The second-order valence-electron chi connectivity index (χ2n) is 4.79. The van der Waals surface area contributed by atoms with Crippen molar-refractivity contribution in [3.63, 3.8) is 0 Å². The Morgan fingerprint density at radius 2 is 1.65 bits per heavy atom. The van der Waals surface area contributed by atoms with Crippen molar-refractivity contribution in [3.8, 4) is 0 Å². The summed E-state index contributed by atoms with van der Waals surface area (Å²) in [6.45, 7) is 2.87. The lowest BCUT2D eigenvalue weighted by molar-refractivity contribution is -0.232. The summed E-state index contributed by atoms with van der Waals surface area (Å²) in [4.78, 5) is 11.1. The van der Waals surface area contributed by atoms with Crippen LogP contribution >= 0.6 is 0 Å². The molecular weight excluding hydrogens is 284 g/mol. The lowest BCUT2D eigenvalue weighted by Gasteiger charge is -2.27. The van der Waals surface area contributed by atoms with Gasteiger partial charge in [0, 0.05) is 12.0 Å². The highest BCUT2D eigenvalue weighted by molar-refractivity contribution is 5.86. The minimum Gasteiger partial charge on any atom is -0.462 e. The van der Waals surface area contributed by atoms with Crippen LogP contribution in [0.1, 0.15) is 20.3 Å². The number of hydrogen-bond donors (Lipinski definition) is 0. The first-order chi connectivity index (χ1) is 8.99. The van der Waals surface area contributed by atoms with Crippen LogP contribution in [0.3, 0.4) is 0 Å². The minimum atomic E-state index is -4.31. The molecule has 1 heterocycles. The Hall–Kier alpha value is -1.15. The number of alkyl halides is 4. The van der Waals surface area contributed by atoms with Crippen molar-refractivity contribution >= 4 is 5.97 Å². The van der Waals surface area contributed by atoms with E-state index >= 15 is 0 Å². The molecule has 0 aromatic heterocycles. The molecule has 1 saturated heterocycles. The van der Waals surface area contributed by atoms with Crippen LogP contribution in [0.4, 0.5) is 17.6 Å². The molecule has 8 heteroatoms. The number of esters is 1. The molecule has 0 amide bonds. The molecule has 116 valence electrons. The SMILES string of the molecule is C=C(C)C(=O)OCCC1(C)OCC(F)(F)C(F)(F)CO1. The third kappa shape index (κ3) is 3.92. The van der Waals surface area contributed by atoms with Gasteiger partial charge in [-0.3, -0.25) is 0 Å². The van der Waals surface area contributed by atoms with E-state index in [0.717, 1.165) is 0 Å². The molecule has 1 aliphatic rings. The minimum absolute atomic E-state index is 0.155. The van der Waals surface area contributed by atoms with Crippen molar-refractivity contribution in [2.75, 3.05) is 19.8 Å². The molecule has 0 aliphatic carbocycles. The van der Waals surface area contributed by atoms with Crippen molar-refractivity contribution in [1.82, 2.24) is 0 Å². The molecule has 20 heavy (non-hydrogen) atoms. The second-order valence-corrected chi connectivity index (χ2v) is 4.79. The first-order valence-corrected chi connectivity index (χ1v) is 5.85. The third-order valence-electron chi connectivity index (χ3n) is 2.79. The third-order valence-corrected chi connectivity index (χ3v) is 2.79. The predicted octanol–water partition coefficient (Wildman–Crippen LogP) is 2.53. The quantitative estimate of drug-likeness (QED) is 0.455. The maximum atomic E-state index is 13.1. The fourth-order valence-electron chi connectivity index (χ4n) is 1.34. The van der Waals surface area contributed by atoms with Crippen molar-refractivity contribution in [2.24, 2.45) is 0 Å². The van der Waals surface area contributed by atoms with Crippen LogP contribution < -0.4 is 0 Å². The zero-order chi connectivity index (χ0) is 15.6. The van der Waals surface area contributed by atoms with Gasteiger partial charge in [-0.1, -0.05) is 6.58 Å². The van der Waals surface area contributed by atoms with Gasteiger partial charge in [-0.25, -0.2) is 4.79 Å². The van der Waals surface area contributed by atoms with E-state index in [1.165, 1.54) is 13.8 Å². The molecule has 0 aromatic rings. The van der Waals surface area contributed by atoms with E-state index in [0.29, 0.717) is 0 Å². The number of rotatable bonds is 4. The summed E-state index contributed by atoms with van der Waals surface area (Å²) in [5, 5.41) is 0. The largest absolute Gasteiger partial charge is 0.462 e. The fraction of sp³-hybridized carbons (Fsp3) is 0.750. The van der Waals surface area contributed by atoms with Crippen molar-refractivity contribution < 1.29 is 36.6 Å². The number of carbonyl (C=O) groups is 1. The zero-order valence-electron chi connectivity index (χ0n) is 11.2. The molecule has 0 unspecified atom stereocenters. The average molecular weight is 300 g/mol. The van der Waals surface area contributed by atoms with Gasteiger partial charge < -0.3 is 14.2 Å². The van der Waals surface area contributed by atoms with Crippen LogP contribution in [-0.2, 0) is 19.0 Å². The van der Waals surface area contributed by atoms with E-state index in [-0.39, 0.29) is 18.6 Å². The van der Waals surface area contributed by atoms with Gasteiger partial charge >= 0.3 is 17.8 Å². The molecule has 0 radical (unpaired) electrons. The summed E-state index contributed by atoms with van der Waals surface area (Å²) in [6.07, 6.45) is -0.155. The Morgan fingerprint density at radius 1 is 1.20 bits per heavy atom. The van der Waals surface area contributed by atoms with E-state index in [2.05, 4.69) is 6.58 Å². The Labute approximate surface area is 113 Å². The number of hydrogen-bond acceptors (Lipinski definition) is 4. The standard InChI is InChI=1S/C12H16F4O4/c1-8(2)9(17)18-5-4-10(3)19-6-11(13,14)12(15,16)7-20-10/h1,4-7H2,2-3H3. The van der Waals surface area contributed by atoms with Crippen molar-refractivity contribution in [1.29, 1.82) is 0 Å². The molecule has 0 saturated carbocycles. The zero-order valence-corrected chi connectivity index (χ0v) is 11.2. The Morgan fingerprint density at radius 3 is 2.05 bits per heavy atom. The van der Waals surface area contributed by atoms with E-state index in [9.17, 15) is 22.4 Å². The highest BCUT2D eigenvalue weighted by Gasteiger charge is 2.60. The van der Waals surface area contributed by atoms with E-state index in [1.807, 2.05) is 0 Å². The van der Waals surface area contributed by atoms with Gasteiger partial charge in [0.15, 0.2) is 5.79 Å². The number of ether oxygens (including phenoxy) is 3. The topological polar surface area (TPSA) is 44.8 Å². The molecule has 0 atom stereocenters. The van der Waals surface area contributed by atoms with Gasteiger partial charge in [-0.05, 0) is 13.8 Å². The van der Waals surface area contributed by atoms with Crippen molar-refractivity contribution in [2.45, 2.75) is 37.9 Å². The van der Waals surface area contributed by atoms with Crippen LogP contribution in [0, 0.1) is 0 Å². The fourth-order valence-corrected chi connectivity index (χ4v) is 1.34. The molecule has 1 rings (SSSR count). The Kier molecular flexibility index (Phi) is 4.81. The molecule has 0 bridgehead atoms. The molecular formula is C12H16F4O4. The molecule has 0 spiro atoms. The van der Waals surface area contributed by atoms with E-state index < -0.39 is 36.8 Å². The maximum absolute atomic E-state index is 13.1. The summed E-state index contributed by atoms with van der Waals surface area (Å²) in [7, 11) is 0. The van der Waals surface area contributed by atoms with Gasteiger partial charge in [0.1, 0.15) is 13.2 Å². The first kappa shape index (κ1) is 16.9. The maximum Gasteiger partial charge on any atom is 0.335 e. The molecule has 1 aliphatic heterocycles. The van der Waals surface area contributed by atoms with Crippen LogP contribution in [-0.4, -0.2) is 43.4 Å². The highest BCUT2D eigenvalue weighted by atomic mass is 19.3. The molecule has 1 fully saturated rings. The van der Waals surface area contributed by atoms with Gasteiger partial charge in [0.2, 0.25) is 0 Å².